The molecule has 7 atom stereocenters. The normalized spacial score (nSPS) is 41.9. The molecule has 3 heterocycles. The standard InChI is InChI=1S/C14H20O8S/c1-4-6-17-8-10-9(18-7-5-2)12-13(22-23(3,15)16)11(8)20-14(19-10)21-12/h4-5,8-14H,1-2,6-7H2,3H3/t8-,9+,10?,11-,12+,13?,14?. The second-order valence-electron chi connectivity index (χ2n) is 5.53. The first-order valence-corrected chi connectivity index (χ1v) is 9.06. The Morgan fingerprint density at radius 2 is 1.35 bits per heavy atom. The highest BCUT2D eigenvalue weighted by Gasteiger charge is 2.64. The molecule has 0 radical (unpaired) electrons. The maximum Gasteiger partial charge on any atom is 0.272 e. The molecule has 0 aromatic carbocycles. The summed E-state index contributed by atoms with van der Waals surface area (Å²) in [4.78, 5) is 0. The van der Waals surface area contributed by atoms with Gasteiger partial charge in [-0.3, -0.25) is 4.18 Å². The number of hydrogen-bond donors (Lipinski definition) is 0. The molecule has 1 saturated carbocycles. The van der Waals surface area contributed by atoms with Gasteiger partial charge in [0.2, 0.25) is 0 Å². The zero-order valence-corrected chi connectivity index (χ0v) is 13.5. The van der Waals surface area contributed by atoms with Crippen LogP contribution in [0.3, 0.4) is 0 Å². The van der Waals surface area contributed by atoms with Gasteiger partial charge in [-0.1, -0.05) is 12.2 Å². The second kappa shape index (κ2) is 6.60. The summed E-state index contributed by atoms with van der Waals surface area (Å²) in [7, 11) is -3.71. The largest absolute Gasteiger partial charge is 0.369 e. The van der Waals surface area contributed by atoms with Gasteiger partial charge < -0.3 is 23.7 Å². The van der Waals surface area contributed by atoms with E-state index >= 15 is 0 Å². The molecule has 0 amide bonds. The molecule has 3 aliphatic heterocycles. The van der Waals surface area contributed by atoms with Crippen molar-refractivity contribution in [2.24, 2.45) is 0 Å². The molecule has 9 heteroatoms. The summed E-state index contributed by atoms with van der Waals surface area (Å²) in [6.45, 7) is 6.87. The third-order valence-corrected chi connectivity index (χ3v) is 4.42. The van der Waals surface area contributed by atoms with Crippen molar-refractivity contribution in [1.29, 1.82) is 0 Å². The van der Waals surface area contributed by atoms with Crippen molar-refractivity contribution in [3.8, 4) is 0 Å². The summed E-state index contributed by atoms with van der Waals surface area (Å²) < 4.78 is 56.6. The molecule has 1 aliphatic carbocycles. The highest BCUT2D eigenvalue weighted by atomic mass is 32.2. The summed E-state index contributed by atoms with van der Waals surface area (Å²) in [6, 6.07) is 0. The predicted molar refractivity (Wildman–Crippen MR) is 78.0 cm³/mol. The Morgan fingerprint density at radius 3 is 1.74 bits per heavy atom. The Bertz CT molecular complexity index is 531. The van der Waals surface area contributed by atoms with Crippen LogP contribution in [0.5, 0.6) is 0 Å². The molecule has 3 unspecified atom stereocenters. The van der Waals surface area contributed by atoms with Gasteiger partial charge in [-0.05, 0) is 0 Å². The molecule has 4 fully saturated rings. The molecular formula is C14H20O8S. The molecule has 0 spiro atoms. The van der Waals surface area contributed by atoms with Gasteiger partial charge in [-0.25, -0.2) is 0 Å². The van der Waals surface area contributed by atoms with E-state index in [0.717, 1.165) is 6.26 Å². The Kier molecular flexibility index (Phi) is 4.88. The lowest BCUT2D eigenvalue weighted by atomic mass is 9.82. The molecule has 4 bridgehead atoms. The van der Waals surface area contributed by atoms with E-state index in [1.54, 1.807) is 12.2 Å². The van der Waals surface area contributed by atoms with E-state index in [1.165, 1.54) is 0 Å². The molecule has 23 heavy (non-hydrogen) atoms. The quantitative estimate of drug-likeness (QED) is 0.446. The minimum Gasteiger partial charge on any atom is -0.369 e. The highest BCUT2D eigenvalue weighted by molar-refractivity contribution is 7.86. The lowest BCUT2D eigenvalue weighted by molar-refractivity contribution is -0.482. The zero-order chi connectivity index (χ0) is 16.6. The van der Waals surface area contributed by atoms with E-state index in [4.69, 9.17) is 27.9 Å². The molecule has 130 valence electrons. The molecule has 3 saturated heterocycles. The molecule has 0 aromatic rings. The van der Waals surface area contributed by atoms with Crippen LogP contribution >= 0.6 is 0 Å². The Hall–Kier alpha value is -0.810. The van der Waals surface area contributed by atoms with Gasteiger partial charge in [0, 0.05) is 0 Å². The minimum absolute atomic E-state index is 0.264. The van der Waals surface area contributed by atoms with Crippen molar-refractivity contribution < 1.29 is 36.3 Å². The molecule has 4 aliphatic rings. The first-order chi connectivity index (χ1) is 10.9. The van der Waals surface area contributed by atoms with E-state index in [0.29, 0.717) is 0 Å². The summed E-state index contributed by atoms with van der Waals surface area (Å²) in [5, 5.41) is 0. The Labute approximate surface area is 135 Å². The first kappa shape index (κ1) is 17.0. The van der Waals surface area contributed by atoms with Crippen LogP contribution in [-0.4, -0.2) is 71.0 Å². The lowest BCUT2D eigenvalue weighted by Crippen LogP contribution is -2.76. The lowest BCUT2D eigenvalue weighted by Gasteiger charge is -2.58. The van der Waals surface area contributed by atoms with Crippen molar-refractivity contribution in [3.05, 3.63) is 25.3 Å². The van der Waals surface area contributed by atoms with Crippen molar-refractivity contribution in [2.45, 2.75) is 43.1 Å². The van der Waals surface area contributed by atoms with E-state index in [-0.39, 0.29) is 13.2 Å². The third kappa shape index (κ3) is 3.36. The Balaban J connectivity index is 1.87. The topological polar surface area (TPSA) is 89.5 Å². The SMILES string of the molecule is C=CCO[C@@H]1C2OC3O[C@H](C(OS(C)(=O)=O)[C@@H]1O3)[C@H]2OCC=C. The fourth-order valence-electron chi connectivity index (χ4n) is 3.12. The summed E-state index contributed by atoms with van der Waals surface area (Å²) in [5.74, 6) is 0. The van der Waals surface area contributed by atoms with Gasteiger partial charge >= 0.3 is 0 Å². The predicted octanol–water partition coefficient (Wildman–Crippen LogP) is -0.0464. The zero-order valence-electron chi connectivity index (χ0n) is 12.7. The fourth-order valence-corrected chi connectivity index (χ4v) is 3.74. The molecule has 0 aromatic heterocycles. The summed E-state index contributed by atoms with van der Waals surface area (Å²) >= 11 is 0. The highest BCUT2D eigenvalue weighted by Crippen LogP contribution is 2.43. The van der Waals surface area contributed by atoms with Crippen LogP contribution < -0.4 is 0 Å². The minimum atomic E-state index is -3.71. The van der Waals surface area contributed by atoms with Crippen molar-refractivity contribution in [2.75, 3.05) is 19.5 Å². The van der Waals surface area contributed by atoms with Gasteiger partial charge in [0.05, 0.1) is 19.5 Å². The van der Waals surface area contributed by atoms with Gasteiger partial charge in [0.15, 0.2) is 0 Å². The molecule has 0 N–H and O–H groups in total. The average Bonchev–Trinajstić information content (AvgIpc) is 2.48. The van der Waals surface area contributed by atoms with Crippen LogP contribution in [0.15, 0.2) is 25.3 Å². The van der Waals surface area contributed by atoms with Crippen LogP contribution in [0, 0.1) is 0 Å². The van der Waals surface area contributed by atoms with E-state index in [2.05, 4.69) is 13.2 Å². The maximum atomic E-state index is 11.6. The fraction of sp³-hybridized carbons (Fsp3) is 0.714. The molecule has 8 nitrogen and oxygen atoms in total. The average molecular weight is 348 g/mol. The number of hydrogen-bond acceptors (Lipinski definition) is 8. The van der Waals surface area contributed by atoms with Crippen molar-refractivity contribution >= 4 is 10.1 Å². The monoisotopic (exact) mass is 348 g/mol. The van der Waals surface area contributed by atoms with Crippen LogP contribution in [-0.2, 0) is 38.0 Å². The van der Waals surface area contributed by atoms with Gasteiger partial charge in [-0.2, -0.15) is 8.42 Å². The number of rotatable bonds is 8. The molecule has 4 rings (SSSR count). The molecular weight excluding hydrogens is 328 g/mol. The van der Waals surface area contributed by atoms with E-state index < -0.39 is 53.2 Å². The van der Waals surface area contributed by atoms with Crippen molar-refractivity contribution in [3.63, 3.8) is 0 Å². The van der Waals surface area contributed by atoms with Crippen LogP contribution in [0.1, 0.15) is 0 Å². The summed E-state index contributed by atoms with van der Waals surface area (Å²) in [6.07, 6.45) is 0.487. The van der Waals surface area contributed by atoms with Crippen LogP contribution in [0.4, 0.5) is 0 Å². The smallest absolute Gasteiger partial charge is 0.272 e. The Morgan fingerprint density at radius 1 is 0.913 bits per heavy atom. The van der Waals surface area contributed by atoms with Gasteiger partial charge in [0.25, 0.3) is 16.6 Å². The van der Waals surface area contributed by atoms with Gasteiger partial charge in [0.1, 0.15) is 36.6 Å². The first-order valence-electron chi connectivity index (χ1n) is 7.24. The summed E-state index contributed by atoms with van der Waals surface area (Å²) in [5.41, 5.74) is 0. The maximum absolute atomic E-state index is 11.6. The van der Waals surface area contributed by atoms with E-state index in [1.807, 2.05) is 0 Å². The second-order valence-corrected chi connectivity index (χ2v) is 7.13. The number of ether oxygens (including phenoxy) is 5. The van der Waals surface area contributed by atoms with Crippen LogP contribution in [0.25, 0.3) is 0 Å². The van der Waals surface area contributed by atoms with Crippen LogP contribution in [0.2, 0.25) is 0 Å². The van der Waals surface area contributed by atoms with Gasteiger partial charge in [-0.15, -0.1) is 13.2 Å². The van der Waals surface area contributed by atoms with E-state index in [9.17, 15) is 8.42 Å². The third-order valence-electron chi connectivity index (χ3n) is 3.85. The van der Waals surface area contributed by atoms with Crippen molar-refractivity contribution in [1.82, 2.24) is 0 Å².